The highest BCUT2D eigenvalue weighted by Crippen LogP contribution is 2.40. The number of benzene rings is 1. The molecule has 0 atom stereocenters. The zero-order chi connectivity index (χ0) is 11.0. The second-order valence-corrected chi connectivity index (χ2v) is 5.35. The molecule has 0 spiro atoms. The van der Waals surface area contributed by atoms with Crippen molar-refractivity contribution in [3.8, 4) is 0 Å². The summed E-state index contributed by atoms with van der Waals surface area (Å²) in [5, 5.41) is 0. The van der Waals surface area contributed by atoms with Crippen molar-refractivity contribution in [2.75, 3.05) is 5.75 Å². The molecule has 1 aromatic carbocycles. The molecule has 0 unspecified atom stereocenters. The molecule has 1 aromatic rings. The van der Waals surface area contributed by atoms with Crippen molar-refractivity contribution < 1.29 is 0 Å². The monoisotopic (exact) mass is 226 g/mol. The van der Waals surface area contributed by atoms with Gasteiger partial charge in [0.25, 0.3) is 0 Å². The van der Waals surface area contributed by atoms with Crippen LogP contribution in [0.3, 0.4) is 0 Å². The topological polar surface area (TPSA) is 0 Å². The Balaban J connectivity index is 1.96. The predicted octanol–water partition coefficient (Wildman–Crippen LogP) is 4.45. The van der Waals surface area contributed by atoms with E-state index in [0.717, 1.165) is 18.6 Å². The summed E-state index contributed by atoms with van der Waals surface area (Å²) >= 11 is 1.94. The van der Waals surface area contributed by atoms with Gasteiger partial charge >= 0.3 is 0 Å². The van der Waals surface area contributed by atoms with Gasteiger partial charge in [-0.1, -0.05) is 42.5 Å². The van der Waals surface area contributed by atoms with Crippen molar-refractivity contribution in [3.63, 3.8) is 0 Å². The zero-order valence-corrected chi connectivity index (χ0v) is 10.0. The van der Waals surface area contributed by atoms with Gasteiger partial charge in [0.1, 0.15) is 0 Å². The van der Waals surface area contributed by atoms with Gasteiger partial charge in [-0.3, -0.25) is 0 Å². The lowest BCUT2D eigenvalue weighted by atomic mass is 10.0. The average molecular weight is 226 g/mol. The smallest absolute Gasteiger partial charge is 0.0238 e. The Kier molecular flexibility index (Phi) is 2.49. The molecule has 0 saturated heterocycles. The lowest BCUT2D eigenvalue weighted by Gasteiger charge is -1.99. The molecule has 0 nitrogen and oxygen atoms in total. The second kappa shape index (κ2) is 3.99. The third-order valence-corrected chi connectivity index (χ3v) is 4.22. The summed E-state index contributed by atoms with van der Waals surface area (Å²) in [7, 11) is 0. The van der Waals surface area contributed by atoms with E-state index in [4.69, 9.17) is 0 Å². The van der Waals surface area contributed by atoms with E-state index < -0.39 is 0 Å². The van der Waals surface area contributed by atoms with Crippen LogP contribution in [0.15, 0.2) is 59.0 Å². The molecule has 0 saturated carbocycles. The lowest BCUT2D eigenvalue weighted by molar-refractivity contribution is 1.04. The lowest BCUT2D eigenvalue weighted by Crippen LogP contribution is -1.82. The highest BCUT2D eigenvalue weighted by Gasteiger charge is 2.16. The third kappa shape index (κ3) is 1.76. The molecular weight excluding hydrogens is 212 g/mol. The van der Waals surface area contributed by atoms with E-state index in [0.29, 0.717) is 0 Å². The standard InChI is InChI=1S/C15H14S/c1-11-6-7-12(8-11)9-13-10-16-15-5-3-2-4-14(13)15/h2-5,8-9H,1,6-7,10H2. The normalized spacial score (nSPS) is 21.4. The van der Waals surface area contributed by atoms with Crippen LogP contribution in [-0.4, -0.2) is 5.75 Å². The number of allylic oxidation sites excluding steroid dienone is 4. The fourth-order valence-corrected chi connectivity index (χ4v) is 3.34. The van der Waals surface area contributed by atoms with Crippen LogP contribution in [0, 0.1) is 0 Å². The summed E-state index contributed by atoms with van der Waals surface area (Å²) in [5.41, 5.74) is 5.61. The maximum atomic E-state index is 4.01. The van der Waals surface area contributed by atoms with Crippen LogP contribution < -0.4 is 0 Å². The van der Waals surface area contributed by atoms with Gasteiger partial charge in [-0.2, -0.15) is 0 Å². The number of rotatable bonds is 1. The van der Waals surface area contributed by atoms with E-state index in [9.17, 15) is 0 Å². The maximum absolute atomic E-state index is 4.01. The third-order valence-electron chi connectivity index (χ3n) is 3.10. The Labute approximate surface area is 101 Å². The van der Waals surface area contributed by atoms with E-state index >= 15 is 0 Å². The fourth-order valence-electron chi connectivity index (χ4n) is 2.26. The molecule has 1 heterocycles. The Morgan fingerprint density at radius 2 is 2.06 bits per heavy atom. The largest absolute Gasteiger partial charge is 0.121 e. The minimum absolute atomic E-state index is 1.11. The molecule has 1 aliphatic carbocycles. The summed E-state index contributed by atoms with van der Waals surface area (Å²) in [6.45, 7) is 4.01. The zero-order valence-electron chi connectivity index (χ0n) is 9.20. The first-order valence-electron chi connectivity index (χ1n) is 5.64. The van der Waals surface area contributed by atoms with Gasteiger partial charge in [-0.15, -0.1) is 11.8 Å². The molecule has 80 valence electrons. The van der Waals surface area contributed by atoms with Crippen molar-refractivity contribution in [2.45, 2.75) is 17.7 Å². The number of fused-ring (bicyclic) bond motifs is 1. The summed E-state index contributed by atoms with van der Waals surface area (Å²) in [5.74, 6) is 1.11. The first-order valence-corrected chi connectivity index (χ1v) is 6.62. The van der Waals surface area contributed by atoms with E-state index in [2.05, 4.69) is 43.0 Å². The van der Waals surface area contributed by atoms with Crippen molar-refractivity contribution in [1.82, 2.24) is 0 Å². The van der Waals surface area contributed by atoms with Crippen molar-refractivity contribution in [3.05, 3.63) is 59.7 Å². The Morgan fingerprint density at radius 3 is 2.88 bits per heavy atom. The molecule has 16 heavy (non-hydrogen) atoms. The number of hydrogen-bond donors (Lipinski definition) is 0. The Bertz CT molecular complexity index is 506. The molecule has 0 fully saturated rings. The molecule has 0 bridgehead atoms. The van der Waals surface area contributed by atoms with Crippen molar-refractivity contribution in [1.29, 1.82) is 0 Å². The number of thioether (sulfide) groups is 1. The second-order valence-electron chi connectivity index (χ2n) is 4.33. The highest BCUT2D eigenvalue weighted by molar-refractivity contribution is 8.00. The van der Waals surface area contributed by atoms with E-state index in [1.165, 1.54) is 27.2 Å². The molecule has 1 aliphatic heterocycles. The summed E-state index contributed by atoms with van der Waals surface area (Å²) in [4.78, 5) is 1.42. The first kappa shape index (κ1) is 9.98. The Morgan fingerprint density at radius 1 is 1.19 bits per heavy atom. The molecule has 3 rings (SSSR count). The van der Waals surface area contributed by atoms with Crippen molar-refractivity contribution >= 4 is 17.3 Å². The summed E-state index contributed by atoms with van der Waals surface area (Å²) in [6.07, 6.45) is 6.89. The van der Waals surface area contributed by atoms with Crippen LogP contribution >= 0.6 is 11.8 Å². The Hall–Kier alpha value is -1.21. The molecule has 0 amide bonds. The van der Waals surface area contributed by atoms with Crippen LogP contribution in [0.2, 0.25) is 0 Å². The first-order chi connectivity index (χ1) is 7.83. The van der Waals surface area contributed by atoms with Crippen LogP contribution in [0.1, 0.15) is 18.4 Å². The van der Waals surface area contributed by atoms with E-state index in [1.54, 1.807) is 0 Å². The summed E-state index contributed by atoms with van der Waals surface area (Å²) < 4.78 is 0. The predicted molar refractivity (Wildman–Crippen MR) is 71.6 cm³/mol. The van der Waals surface area contributed by atoms with Gasteiger partial charge in [-0.05, 0) is 35.6 Å². The molecule has 0 N–H and O–H groups in total. The highest BCUT2D eigenvalue weighted by atomic mass is 32.2. The van der Waals surface area contributed by atoms with E-state index in [1.807, 2.05) is 11.8 Å². The average Bonchev–Trinajstić information content (AvgIpc) is 2.87. The van der Waals surface area contributed by atoms with Gasteiger partial charge in [0.15, 0.2) is 0 Å². The van der Waals surface area contributed by atoms with Crippen molar-refractivity contribution in [2.24, 2.45) is 0 Å². The van der Waals surface area contributed by atoms with Gasteiger partial charge in [0, 0.05) is 10.6 Å². The van der Waals surface area contributed by atoms with Crippen LogP contribution in [0.25, 0.3) is 5.57 Å². The molecule has 0 radical (unpaired) electrons. The SMILES string of the molecule is C=C1C=C(C=C2CSc3ccccc32)CC1. The molecule has 0 aromatic heterocycles. The van der Waals surface area contributed by atoms with Crippen LogP contribution in [0.4, 0.5) is 0 Å². The molecular formula is C15H14S. The van der Waals surface area contributed by atoms with E-state index in [-0.39, 0.29) is 0 Å². The summed E-state index contributed by atoms with van der Waals surface area (Å²) in [6, 6.07) is 8.68. The van der Waals surface area contributed by atoms with Crippen LogP contribution in [0.5, 0.6) is 0 Å². The fraction of sp³-hybridized carbons (Fsp3) is 0.200. The van der Waals surface area contributed by atoms with Gasteiger partial charge in [0.2, 0.25) is 0 Å². The minimum Gasteiger partial charge on any atom is -0.121 e. The minimum atomic E-state index is 1.11. The number of hydrogen-bond acceptors (Lipinski definition) is 1. The van der Waals surface area contributed by atoms with Gasteiger partial charge < -0.3 is 0 Å². The maximum Gasteiger partial charge on any atom is 0.0238 e. The van der Waals surface area contributed by atoms with Crippen LogP contribution in [-0.2, 0) is 0 Å². The van der Waals surface area contributed by atoms with Gasteiger partial charge in [0.05, 0.1) is 0 Å². The van der Waals surface area contributed by atoms with Gasteiger partial charge in [-0.25, -0.2) is 0 Å². The molecule has 1 heteroatoms. The molecule has 2 aliphatic rings. The quantitative estimate of drug-likeness (QED) is 0.681.